The second kappa shape index (κ2) is 8.54. The Morgan fingerprint density at radius 2 is 2.03 bits per heavy atom. The Hall–Kier alpha value is -4.14. The second-order valence-electron chi connectivity index (χ2n) is 7.58. The number of nitrogens with zero attached hydrogens (tertiary/aromatic N) is 6. The summed E-state index contributed by atoms with van der Waals surface area (Å²) in [5.74, 6) is 1.02. The molecule has 0 aliphatic carbocycles. The first kappa shape index (κ1) is 19.8. The summed E-state index contributed by atoms with van der Waals surface area (Å²) in [5.41, 5.74) is 2.70. The van der Waals surface area contributed by atoms with Gasteiger partial charge in [0.15, 0.2) is 5.82 Å². The predicted molar refractivity (Wildman–Crippen MR) is 118 cm³/mol. The lowest BCUT2D eigenvalue weighted by molar-refractivity contribution is 0.102. The molecule has 4 aromatic rings. The van der Waals surface area contributed by atoms with Gasteiger partial charge < -0.3 is 14.6 Å². The van der Waals surface area contributed by atoms with Gasteiger partial charge in [0.05, 0.1) is 6.61 Å². The van der Waals surface area contributed by atoms with Crippen LogP contribution in [0.15, 0.2) is 61.3 Å². The zero-order valence-corrected chi connectivity index (χ0v) is 17.5. The van der Waals surface area contributed by atoms with Gasteiger partial charge >= 0.3 is 0 Å². The number of carbonyl (C=O) groups excluding carboxylic acids is 1. The van der Waals surface area contributed by atoms with Crippen LogP contribution in [-0.2, 0) is 0 Å². The third-order valence-electron chi connectivity index (χ3n) is 5.38. The van der Waals surface area contributed by atoms with Gasteiger partial charge in [0, 0.05) is 30.2 Å². The Morgan fingerprint density at radius 3 is 2.91 bits per heavy atom. The Kier molecular flexibility index (Phi) is 5.29. The molecule has 0 unspecified atom stereocenters. The molecule has 1 amide bonds. The molecule has 0 aromatic carbocycles. The summed E-state index contributed by atoms with van der Waals surface area (Å²) in [5, 5.41) is 11.2. The van der Waals surface area contributed by atoms with Crippen LogP contribution in [0.1, 0.15) is 36.2 Å². The molecule has 1 aliphatic rings. The second-order valence-corrected chi connectivity index (χ2v) is 7.58. The summed E-state index contributed by atoms with van der Waals surface area (Å²) in [4.78, 5) is 26.3. The van der Waals surface area contributed by atoms with Crippen LogP contribution in [0.4, 0.5) is 5.82 Å². The molecule has 5 heterocycles. The minimum absolute atomic E-state index is 0.160. The standard InChI is InChI=1S/C23H21N7O2/c1-15-4-3-11-32-23-18(12-17(13-25-23)16-7-9-24-10-8-16)22(31)28-20-6-2-5-19(27-20)21-29-26-14-30(15)21/h2,5-10,12-15H,3-4,11H2,1H3,(H,27,28,31)/t15-/m1/s1. The van der Waals surface area contributed by atoms with E-state index in [4.69, 9.17) is 4.74 Å². The average molecular weight is 427 g/mol. The number of amides is 1. The first-order valence-electron chi connectivity index (χ1n) is 10.4. The maximum absolute atomic E-state index is 13.2. The van der Waals surface area contributed by atoms with E-state index in [-0.39, 0.29) is 11.9 Å². The Balaban J connectivity index is 1.55. The summed E-state index contributed by atoms with van der Waals surface area (Å²) in [6, 6.07) is 11.1. The summed E-state index contributed by atoms with van der Waals surface area (Å²) < 4.78 is 7.91. The fourth-order valence-electron chi connectivity index (χ4n) is 3.68. The lowest BCUT2D eigenvalue weighted by Gasteiger charge is -2.17. The molecule has 0 saturated heterocycles. The van der Waals surface area contributed by atoms with Crippen molar-refractivity contribution in [3.05, 3.63) is 66.9 Å². The minimum atomic E-state index is -0.347. The van der Waals surface area contributed by atoms with Crippen LogP contribution in [0.25, 0.3) is 22.6 Å². The zero-order chi connectivity index (χ0) is 21.9. The van der Waals surface area contributed by atoms with Gasteiger partial charge in [0.25, 0.3) is 5.91 Å². The average Bonchev–Trinajstić information content (AvgIpc) is 3.32. The van der Waals surface area contributed by atoms with Crippen molar-refractivity contribution < 1.29 is 9.53 Å². The van der Waals surface area contributed by atoms with Crippen LogP contribution >= 0.6 is 0 Å². The van der Waals surface area contributed by atoms with Crippen LogP contribution in [0.5, 0.6) is 5.88 Å². The Morgan fingerprint density at radius 1 is 1.16 bits per heavy atom. The molecule has 0 fully saturated rings. The molecule has 32 heavy (non-hydrogen) atoms. The van der Waals surface area contributed by atoms with Crippen molar-refractivity contribution in [2.75, 3.05) is 11.9 Å². The van der Waals surface area contributed by atoms with Gasteiger partial charge in [-0.25, -0.2) is 9.97 Å². The van der Waals surface area contributed by atoms with Gasteiger partial charge in [-0.05, 0) is 55.7 Å². The molecule has 9 heteroatoms. The normalized spacial score (nSPS) is 16.2. The van der Waals surface area contributed by atoms with Crippen molar-refractivity contribution in [1.82, 2.24) is 29.7 Å². The molecule has 0 radical (unpaired) electrons. The summed E-state index contributed by atoms with van der Waals surface area (Å²) in [6.07, 6.45) is 8.44. The summed E-state index contributed by atoms with van der Waals surface area (Å²) >= 11 is 0. The number of pyridine rings is 3. The van der Waals surface area contributed by atoms with Gasteiger partial charge in [-0.3, -0.25) is 9.78 Å². The third-order valence-corrected chi connectivity index (χ3v) is 5.38. The molecule has 160 valence electrons. The molecule has 4 aromatic heterocycles. The number of anilines is 1. The number of nitrogens with one attached hydrogen (secondary N) is 1. The topological polar surface area (TPSA) is 108 Å². The molecule has 1 N–H and O–H groups in total. The lowest BCUT2D eigenvalue weighted by atomic mass is 10.1. The molecular weight excluding hydrogens is 406 g/mol. The van der Waals surface area contributed by atoms with E-state index in [1.165, 1.54) is 0 Å². The van der Waals surface area contributed by atoms with E-state index in [2.05, 4.69) is 37.4 Å². The zero-order valence-electron chi connectivity index (χ0n) is 17.5. The number of carbonyl (C=O) groups is 1. The quantitative estimate of drug-likeness (QED) is 0.492. The molecule has 1 atom stereocenters. The number of fused-ring (bicyclic) bond motifs is 5. The van der Waals surface area contributed by atoms with Crippen LogP contribution in [-0.4, -0.2) is 42.2 Å². The van der Waals surface area contributed by atoms with Crippen molar-refractivity contribution >= 4 is 11.7 Å². The van der Waals surface area contributed by atoms with E-state index >= 15 is 0 Å². The number of aromatic nitrogens is 6. The fraction of sp³-hybridized carbons (Fsp3) is 0.217. The van der Waals surface area contributed by atoms with Gasteiger partial charge in [0.1, 0.15) is 23.4 Å². The predicted octanol–water partition coefficient (Wildman–Crippen LogP) is 3.78. The number of hydrogen-bond acceptors (Lipinski definition) is 7. The monoisotopic (exact) mass is 427 g/mol. The van der Waals surface area contributed by atoms with Crippen molar-refractivity contribution in [1.29, 1.82) is 0 Å². The summed E-state index contributed by atoms with van der Waals surface area (Å²) in [7, 11) is 0. The van der Waals surface area contributed by atoms with Crippen LogP contribution in [0.2, 0.25) is 0 Å². The highest BCUT2D eigenvalue weighted by atomic mass is 16.5. The van der Waals surface area contributed by atoms with Gasteiger partial charge in [-0.2, -0.15) is 0 Å². The smallest absolute Gasteiger partial charge is 0.262 e. The molecule has 5 rings (SSSR count). The Labute approximate surface area is 184 Å². The van der Waals surface area contributed by atoms with Crippen LogP contribution in [0.3, 0.4) is 0 Å². The highest BCUT2D eigenvalue weighted by molar-refractivity contribution is 6.06. The molecule has 0 saturated carbocycles. The lowest BCUT2D eigenvalue weighted by Crippen LogP contribution is -2.17. The van der Waals surface area contributed by atoms with Crippen LogP contribution in [0, 0.1) is 0 Å². The highest BCUT2D eigenvalue weighted by Crippen LogP contribution is 2.27. The van der Waals surface area contributed by atoms with E-state index in [0.29, 0.717) is 35.4 Å². The molecule has 1 aliphatic heterocycles. The Bertz CT molecular complexity index is 1260. The SMILES string of the molecule is C[C@@H]1CCCOc2ncc(-c3ccncc3)cc2C(=O)Nc2cccc(n2)-c2nncn21. The fourth-order valence-corrected chi connectivity index (χ4v) is 3.68. The van der Waals surface area contributed by atoms with Gasteiger partial charge in [-0.15, -0.1) is 10.2 Å². The third kappa shape index (κ3) is 3.92. The molecule has 9 nitrogen and oxygen atoms in total. The number of rotatable bonds is 1. The van der Waals surface area contributed by atoms with E-state index in [1.807, 2.05) is 28.8 Å². The van der Waals surface area contributed by atoms with Gasteiger partial charge in [0.2, 0.25) is 5.88 Å². The van der Waals surface area contributed by atoms with E-state index < -0.39 is 0 Å². The van der Waals surface area contributed by atoms with E-state index in [9.17, 15) is 4.79 Å². The minimum Gasteiger partial charge on any atom is -0.477 e. The first-order valence-corrected chi connectivity index (χ1v) is 10.4. The largest absolute Gasteiger partial charge is 0.477 e. The van der Waals surface area contributed by atoms with Crippen molar-refractivity contribution in [2.24, 2.45) is 0 Å². The maximum Gasteiger partial charge on any atom is 0.262 e. The van der Waals surface area contributed by atoms with E-state index in [1.54, 1.807) is 37.1 Å². The van der Waals surface area contributed by atoms with Gasteiger partial charge in [-0.1, -0.05) is 6.07 Å². The molecule has 2 bridgehead atoms. The number of hydrogen-bond donors (Lipinski definition) is 1. The maximum atomic E-state index is 13.2. The number of ether oxygens (including phenoxy) is 1. The highest BCUT2D eigenvalue weighted by Gasteiger charge is 2.19. The van der Waals surface area contributed by atoms with Crippen molar-refractivity contribution in [3.8, 4) is 28.5 Å². The van der Waals surface area contributed by atoms with Crippen molar-refractivity contribution in [2.45, 2.75) is 25.8 Å². The first-order chi connectivity index (χ1) is 15.7. The molecule has 0 spiro atoms. The van der Waals surface area contributed by atoms with Crippen molar-refractivity contribution in [3.63, 3.8) is 0 Å². The summed E-state index contributed by atoms with van der Waals surface area (Å²) in [6.45, 7) is 2.55. The van der Waals surface area contributed by atoms with Crippen LogP contribution < -0.4 is 10.1 Å². The van der Waals surface area contributed by atoms with E-state index in [0.717, 1.165) is 24.0 Å². The molecular formula is C23H21N7O2.